The highest BCUT2D eigenvalue weighted by atomic mass is 16.2. The molecule has 0 aliphatic heterocycles. The van der Waals surface area contributed by atoms with Crippen molar-refractivity contribution in [3.8, 4) is 0 Å². The number of hydrogen-bond acceptors (Lipinski definition) is 3. The van der Waals surface area contributed by atoms with E-state index in [2.05, 4.69) is 11.9 Å². The molecule has 76 valence electrons. The minimum Gasteiger partial charge on any atom is -0.515 e. The van der Waals surface area contributed by atoms with Crippen molar-refractivity contribution in [3.05, 3.63) is 48.0 Å². The monoisotopic (exact) mass is 194 g/mol. The standard InChI is InChI=1S/C10H14N2O2/c1-8(6-13)10(4-3-5-11)9(2)12-7-14/h3-7,13H,2,11H2,1H3,(H,12,14)/b5-3-,8-6-,10-4-. The molecule has 0 aromatic rings. The third kappa shape index (κ3) is 3.62. The first kappa shape index (κ1) is 12.0. The fourth-order valence-electron chi connectivity index (χ4n) is 0.840. The first-order chi connectivity index (χ1) is 6.67. The molecule has 0 bridgehead atoms. The number of allylic oxidation sites excluding steroid dienone is 3. The van der Waals surface area contributed by atoms with Crippen LogP contribution in [-0.4, -0.2) is 11.5 Å². The maximum atomic E-state index is 10.2. The predicted octanol–water partition coefficient (Wildman–Crippen LogP) is 1.11. The van der Waals surface area contributed by atoms with E-state index in [1.54, 1.807) is 19.1 Å². The predicted molar refractivity (Wildman–Crippen MR) is 56.1 cm³/mol. The van der Waals surface area contributed by atoms with Crippen molar-refractivity contribution in [1.82, 2.24) is 5.32 Å². The van der Waals surface area contributed by atoms with Gasteiger partial charge < -0.3 is 16.2 Å². The van der Waals surface area contributed by atoms with Crippen molar-refractivity contribution in [2.45, 2.75) is 6.92 Å². The highest BCUT2D eigenvalue weighted by molar-refractivity contribution is 5.56. The summed E-state index contributed by atoms with van der Waals surface area (Å²) >= 11 is 0. The summed E-state index contributed by atoms with van der Waals surface area (Å²) in [4.78, 5) is 10.2. The van der Waals surface area contributed by atoms with Gasteiger partial charge in [0, 0.05) is 11.3 Å². The van der Waals surface area contributed by atoms with Crippen LogP contribution in [0.2, 0.25) is 0 Å². The van der Waals surface area contributed by atoms with Gasteiger partial charge in [-0.2, -0.15) is 0 Å². The molecule has 0 saturated carbocycles. The second-order valence-electron chi connectivity index (χ2n) is 2.52. The molecular formula is C10H14N2O2. The van der Waals surface area contributed by atoms with Gasteiger partial charge in [-0.15, -0.1) is 0 Å². The van der Waals surface area contributed by atoms with Gasteiger partial charge in [0.2, 0.25) is 6.41 Å². The van der Waals surface area contributed by atoms with Crippen molar-refractivity contribution in [1.29, 1.82) is 0 Å². The molecule has 0 aromatic carbocycles. The second kappa shape index (κ2) is 6.54. The Kier molecular flexibility index (Phi) is 5.62. The van der Waals surface area contributed by atoms with Crippen molar-refractivity contribution in [2.24, 2.45) is 5.73 Å². The molecule has 0 rings (SSSR count). The minimum atomic E-state index is 0.404. The van der Waals surface area contributed by atoms with Gasteiger partial charge in [0.25, 0.3) is 0 Å². The number of hydrogen-bond donors (Lipinski definition) is 3. The molecule has 0 fully saturated rings. The van der Waals surface area contributed by atoms with E-state index in [0.717, 1.165) is 6.26 Å². The fourth-order valence-corrected chi connectivity index (χ4v) is 0.840. The number of aliphatic hydroxyl groups is 1. The Morgan fingerprint density at radius 2 is 2.21 bits per heavy atom. The van der Waals surface area contributed by atoms with Gasteiger partial charge in [0.1, 0.15) is 0 Å². The molecule has 0 heterocycles. The van der Waals surface area contributed by atoms with Crippen LogP contribution < -0.4 is 11.1 Å². The van der Waals surface area contributed by atoms with E-state index in [1.807, 2.05) is 0 Å². The van der Waals surface area contributed by atoms with Crippen LogP contribution in [0, 0.1) is 0 Å². The van der Waals surface area contributed by atoms with Gasteiger partial charge in [-0.3, -0.25) is 4.79 Å². The lowest BCUT2D eigenvalue weighted by atomic mass is 10.1. The normalized spacial score (nSPS) is 12.9. The van der Waals surface area contributed by atoms with Crippen molar-refractivity contribution in [2.75, 3.05) is 0 Å². The van der Waals surface area contributed by atoms with Crippen LogP contribution in [0.4, 0.5) is 0 Å². The number of nitrogens with two attached hydrogens (primary N) is 1. The second-order valence-corrected chi connectivity index (χ2v) is 2.52. The molecule has 0 saturated heterocycles. The zero-order valence-electron chi connectivity index (χ0n) is 8.03. The fraction of sp³-hybridized carbons (Fsp3) is 0.100. The van der Waals surface area contributed by atoms with Crippen LogP contribution in [0.1, 0.15) is 6.92 Å². The number of carbonyl (C=O) groups is 1. The summed E-state index contributed by atoms with van der Waals surface area (Å²) in [5, 5.41) is 11.2. The van der Waals surface area contributed by atoms with Gasteiger partial charge in [-0.1, -0.05) is 12.7 Å². The lowest BCUT2D eigenvalue weighted by Gasteiger charge is -2.08. The summed E-state index contributed by atoms with van der Waals surface area (Å²) in [5.41, 5.74) is 6.77. The summed E-state index contributed by atoms with van der Waals surface area (Å²) in [6.45, 7) is 5.32. The zero-order valence-corrected chi connectivity index (χ0v) is 8.03. The van der Waals surface area contributed by atoms with Crippen LogP contribution in [-0.2, 0) is 4.79 Å². The summed E-state index contributed by atoms with van der Waals surface area (Å²) in [6.07, 6.45) is 6.03. The van der Waals surface area contributed by atoms with Gasteiger partial charge in [-0.05, 0) is 24.8 Å². The maximum Gasteiger partial charge on any atom is 0.211 e. The molecule has 14 heavy (non-hydrogen) atoms. The molecule has 0 aliphatic carbocycles. The average molecular weight is 194 g/mol. The van der Waals surface area contributed by atoms with E-state index < -0.39 is 0 Å². The Labute approximate surface area is 83.1 Å². The molecule has 4 N–H and O–H groups in total. The molecular weight excluding hydrogens is 180 g/mol. The molecule has 0 aliphatic rings. The van der Waals surface area contributed by atoms with Gasteiger partial charge >= 0.3 is 0 Å². The molecule has 0 unspecified atom stereocenters. The Bertz CT molecular complexity index is 301. The summed E-state index contributed by atoms with van der Waals surface area (Å²) in [5.74, 6) is 0. The van der Waals surface area contributed by atoms with E-state index in [-0.39, 0.29) is 0 Å². The third-order valence-electron chi connectivity index (χ3n) is 1.55. The zero-order chi connectivity index (χ0) is 11.0. The Morgan fingerprint density at radius 3 is 2.64 bits per heavy atom. The van der Waals surface area contributed by atoms with Crippen LogP contribution in [0.5, 0.6) is 0 Å². The highest BCUT2D eigenvalue weighted by Gasteiger charge is 2.03. The largest absolute Gasteiger partial charge is 0.515 e. The Morgan fingerprint density at radius 1 is 1.57 bits per heavy atom. The van der Waals surface area contributed by atoms with E-state index in [4.69, 9.17) is 10.8 Å². The van der Waals surface area contributed by atoms with Crippen LogP contribution >= 0.6 is 0 Å². The van der Waals surface area contributed by atoms with Gasteiger partial charge in [0.15, 0.2) is 0 Å². The van der Waals surface area contributed by atoms with Crippen molar-refractivity contribution in [3.63, 3.8) is 0 Å². The number of aliphatic hydroxyl groups excluding tert-OH is 1. The number of nitrogens with one attached hydrogen (secondary N) is 1. The molecule has 4 heteroatoms. The lowest BCUT2D eigenvalue weighted by molar-refractivity contribution is -0.108. The minimum absolute atomic E-state index is 0.404. The summed E-state index contributed by atoms with van der Waals surface area (Å²) < 4.78 is 0. The molecule has 0 spiro atoms. The van der Waals surface area contributed by atoms with Crippen LogP contribution in [0.25, 0.3) is 0 Å². The average Bonchev–Trinajstić information content (AvgIpc) is 2.18. The van der Waals surface area contributed by atoms with E-state index in [1.165, 1.54) is 6.20 Å². The highest BCUT2D eigenvalue weighted by Crippen LogP contribution is 2.14. The summed E-state index contributed by atoms with van der Waals surface area (Å²) in [7, 11) is 0. The number of carbonyl (C=O) groups excluding carboxylic acids is 1. The molecule has 0 aromatic heterocycles. The number of rotatable bonds is 5. The van der Waals surface area contributed by atoms with E-state index in [9.17, 15) is 4.79 Å². The van der Waals surface area contributed by atoms with E-state index >= 15 is 0 Å². The first-order valence-electron chi connectivity index (χ1n) is 3.96. The molecule has 0 atom stereocenters. The van der Waals surface area contributed by atoms with Crippen molar-refractivity contribution >= 4 is 6.41 Å². The summed E-state index contributed by atoms with van der Waals surface area (Å²) in [6, 6.07) is 0. The molecule has 4 nitrogen and oxygen atoms in total. The van der Waals surface area contributed by atoms with Crippen LogP contribution in [0.15, 0.2) is 48.0 Å². The van der Waals surface area contributed by atoms with Crippen LogP contribution in [0.3, 0.4) is 0 Å². The van der Waals surface area contributed by atoms with Crippen molar-refractivity contribution < 1.29 is 9.90 Å². The smallest absolute Gasteiger partial charge is 0.211 e. The third-order valence-corrected chi connectivity index (χ3v) is 1.55. The first-order valence-corrected chi connectivity index (χ1v) is 3.96. The lowest BCUT2D eigenvalue weighted by Crippen LogP contribution is -2.11. The molecule has 1 amide bonds. The van der Waals surface area contributed by atoms with E-state index in [0.29, 0.717) is 23.3 Å². The SMILES string of the molecule is C=C(NC=O)C(=C\C=C/N)/C(C)=C\O. The Hall–Kier alpha value is -1.97. The van der Waals surface area contributed by atoms with Gasteiger partial charge in [-0.25, -0.2) is 0 Å². The number of amides is 1. The Balaban J connectivity index is 4.90. The quantitative estimate of drug-likeness (QED) is 0.348. The topological polar surface area (TPSA) is 75.4 Å². The van der Waals surface area contributed by atoms with Gasteiger partial charge in [0.05, 0.1) is 6.26 Å². The molecule has 0 radical (unpaired) electrons. The maximum absolute atomic E-state index is 10.2.